The van der Waals surface area contributed by atoms with Gasteiger partial charge >= 0.3 is 0 Å². The van der Waals surface area contributed by atoms with Gasteiger partial charge in [-0.2, -0.15) is 0 Å². The molecule has 0 fully saturated rings. The van der Waals surface area contributed by atoms with Crippen molar-refractivity contribution in [3.05, 3.63) is 64.6 Å². The lowest BCUT2D eigenvalue weighted by atomic mass is 10.0. The topological polar surface area (TPSA) is 110 Å². The van der Waals surface area contributed by atoms with Gasteiger partial charge in [0.05, 0.1) is 6.04 Å². The zero-order chi connectivity index (χ0) is 23.8. The van der Waals surface area contributed by atoms with Crippen molar-refractivity contribution in [3.8, 4) is 10.6 Å². The van der Waals surface area contributed by atoms with Gasteiger partial charge in [-0.3, -0.25) is 14.9 Å². The molecule has 2 atom stereocenters. The summed E-state index contributed by atoms with van der Waals surface area (Å²) in [4.78, 5) is 26.0. The largest absolute Gasteiger partial charge is 0.349 e. The summed E-state index contributed by atoms with van der Waals surface area (Å²) >= 11 is 2.75. The Morgan fingerprint density at radius 2 is 1.94 bits per heavy atom. The van der Waals surface area contributed by atoms with Crippen molar-refractivity contribution in [2.75, 3.05) is 5.32 Å². The van der Waals surface area contributed by atoms with Crippen molar-refractivity contribution in [2.45, 2.75) is 38.8 Å². The van der Waals surface area contributed by atoms with Gasteiger partial charge in [-0.05, 0) is 48.1 Å². The van der Waals surface area contributed by atoms with Gasteiger partial charge in [-0.25, -0.2) is 4.39 Å². The number of halogens is 1. The first-order valence-electron chi connectivity index (χ1n) is 10.5. The van der Waals surface area contributed by atoms with Crippen molar-refractivity contribution in [1.29, 1.82) is 0 Å². The number of hydrogen-bond donors (Lipinski definition) is 3. The van der Waals surface area contributed by atoms with Crippen LogP contribution >= 0.6 is 22.7 Å². The molecule has 4 N–H and O–H groups in total. The van der Waals surface area contributed by atoms with Crippen LogP contribution in [0.15, 0.2) is 53.9 Å². The Hall–Kier alpha value is -2.95. The Bertz CT molecular complexity index is 1080. The number of aromatic nitrogens is 2. The summed E-state index contributed by atoms with van der Waals surface area (Å²) in [6, 6.07) is 8.76. The minimum Gasteiger partial charge on any atom is -0.349 e. The number of anilines is 1. The van der Waals surface area contributed by atoms with Crippen molar-refractivity contribution in [3.63, 3.8) is 0 Å². The van der Waals surface area contributed by atoms with Crippen molar-refractivity contribution in [2.24, 2.45) is 11.7 Å². The smallest absolute Gasteiger partial charge is 0.249 e. The molecule has 3 rings (SSSR count). The Morgan fingerprint density at radius 3 is 2.61 bits per heavy atom. The van der Waals surface area contributed by atoms with E-state index in [2.05, 4.69) is 20.8 Å². The van der Waals surface area contributed by atoms with Crippen LogP contribution in [0.25, 0.3) is 10.6 Å². The number of rotatable bonds is 10. The van der Waals surface area contributed by atoms with E-state index in [1.807, 2.05) is 31.4 Å². The molecule has 0 radical (unpaired) electrons. The molecule has 0 saturated heterocycles. The number of carbonyl (C=O) groups excluding carboxylic acids is 2. The van der Waals surface area contributed by atoms with Gasteiger partial charge in [0.25, 0.3) is 0 Å². The third kappa shape index (κ3) is 7.85. The van der Waals surface area contributed by atoms with E-state index in [1.165, 1.54) is 29.5 Å². The molecule has 2 heterocycles. The van der Waals surface area contributed by atoms with Gasteiger partial charge in [0.1, 0.15) is 10.8 Å². The Balaban J connectivity index is 1.57. The van der Waals surface area contributed by atoms with Crippen LogP contribution < -0.4 is 16.4 Å². The third-order valence-electron chi connectivity index (χ3n) is 4.62. The number of nitrogens with zero attached hydrogens (tertiary/aromatic N) is 2. The van der Waals surface area contributed by atoms with Crippen LogP contribution in [0, 0.1) is 11.7 Å². The number of carbonyl (C=O) groups is 2. The van der Waals surface area contributed by atoms with Crippen molar-refractivity contribution >= 4 is 39.6 Å². The van der Waals surface area contributed by atoms with Crippen LogP contribution in [0.2, 0.25) is 0 Å². The maximum atomic E-state index is 13.1. The maximum Gasteiger partial charge on any atom is 0.249 e. The zero-order valence-corrected chi connectivity index (χ0v) is 20.0. The van der Waals surface area contributed by atoms with Gasteiger partial charge in [-0.15, -0.1) is 21.5 Å². The van der Waals surface area contributed by atoms with E-state index in [0.717, 1.165) is 4.88 Å². The van der Waals surface area contributed by atoms with Crippen LogP contribution in [0.4, 0.5) is 9.52 Å². The molecule has 7 nitrogen and oxygen atoms in total. The molecular formula is C23H26FN5O2S2. The summed E-state index contributed by atoms with van der Waals surface area (Å²) in [7, 11) is 0. The summed E-state index contributed by atoms with van der Waals surface area (Å²) in [6.07, 6.45) is 4.16. The van der Waals surface area contributed by atoms with Gasteiger partial charge in [0, 0.05) is 29.0 Å². The Labute approximate surface area is 199 Å². The molecular weight excluding hydrogens is 461 g/mol. The molecule has 0 aliphatic rings. The fourth-order valence-corrected chi connectivity index (χ4v) is 4.57. The lowest BCUT2D eigenvalue weighted by Gasteiger charge is -2.19. The first-order valence-corrected chi connectivity index (χ1v) is 12.2. The molecule has 1 aromatic carbocycles. The average Bonchev–Trinajstić information content (AvgIpc) is 3.44. The van der Waals surface area contributed by atoms with Crippen LogP contribution in [-0.4, -0.2) is 34.1 Å². The molecule has 2 amide bonds. The van der Waals surface area contributed by atoms with Crippen LogP contribution in [-0.2, 0) is 16.0 Å². The molecule has 0 aliphatic carbocycles. The highest BCUT2D eigenvalue weighted by molar-refractivity contribution is 7.18. The van der Waals surface area contributed by atoms with E-state index < -0.39 is 6.04 Å². The Morgan fingerprint density at radius 1 is 1.18 bits per heavy atom. The quantitative estimate of drug-likeness (QED) is 0.375. The fourth-order valence-electron chi connectivity index (χ4n) is 3.05. The first kappa shape index (κ1) is 24.7. The number of thiophene rings is 1. The molecule has 0 spiro atoms. The number of benzene rings is 1. The lowest BCUT2D eigenvalue weighted by Crippen LogP contribution is -2.46. The van der Waals surface area contributed by atoms with E-state index in [4.69, 9.17) is 5.73 Å². The molecule has 0 unspecified atom stereocenters. The highest BCUT2D eigenvalue weighted by Gasteiger charge is 2.19. The van der Waals surface area contributed by atoms with Crippen LogP contribution in [0.1, 0.15) is 25.1 Å². The second kappa shape index (κ2) is 11.8. The standard InChI is InChI=1S/C23H26FN5O2S2/c1-14(2)12-17(26-21(31)19(25)13-18-4-3-11-32-18)9-10-20(30)27-23-29-28-22(33-23)15-5-7-16(24)8-6-15/h3-11,14,17,19H,12-13,25H2,1-2H3,(H,26,31)(H,27,29,30)/b10-9+/t17-,19+/m1/s1. The van der Waals surface area contributed by atoms with E-state index in [0.29, 0.717) is 34.5 Å². The Kier molecular flexibility index (Phi) is 8.81. The highest BCUT2D eigenvalue weighted by atomic mass is 32.1. The monoisotopic (exact) mass is 487 g/mol. The third-order valence-corrected chi connectivity index (χ3v) is 6.40. The average molecular weight is 488 g/mol. The van der Waals surface area contributed by atoms with Crippen LogP contribution in [0.5, 0.6) is 0 Å². The predicted octanol–water partition coefficient (Wildman–Crippen LogP) is 4.00. The number of nitrogens with one attached hydrogen (secondary N) is 2. The van der Waals surface area contributed by atoms with E-state index in [1.54, 1.807) is 29.5 Å². The highest BCUT2D eigenvalue weighted by Crippen LogP contribution is 2.26. The maximum absolute atomic E-state index is 13.1. The summed E-state index contributed by atoms with van der Waals surface area (Å²) in [6.45, 7) is 4.08. The first-order chi connectivity index (χ1) is 15.8. The molecule has 10 heteroatoms. The van der Waals surface area contributed by atoms with Gasteiger partial charge in [0.15, 0.2) is 0 Å². The molecule has 0 aliphatic heterocycles. The van der Waals surface area contributed by atoms with Gasteiger partial charge in [-0.1, -0.05) is 37.3 Å². The normalized spacial score (nSPS) is 13.2. The number of nitrogens with two attached hydrogens (primary N) is 1. The van der Waals surface area contributed by atoms with E-state index >= 15 is 0 Å². The minimum absolute atomic E-state index is 0.257. The molecule has 174 valence electrons. The van der Waals surface area contributed by atoms with Gasteiger partial charge in [0.2, 0.25) is 16.9 Å². The zero-order valence-electron chi connectivity index (χ0n) is 18.3. The summed E-state index contributed by atoms with van der Waals surface area (Å²) in [5.74, 6) is -0.676. The number of hydrogen-bond acceptors (Lipinski definition) is 7. The number of amides is 2. The summed E-state index contributed by atoms with van der Waals surface area (Å²) in [5, 5.41) is 16.4. The molecule has 0 saturated carbocycles. The van der Waals surface area contributed by atoms with Crippen molar-refractivity contribution in [1.82, 2.24) is 15.5 Å². The fraction of sp³-hybridized carbons (Fsp3) is 0.304. The van der Waals surface area contributed by atoms with Gasteiger partial charge < -0.3 is 11.1 Å². The SMILES string of the molecule is CC(C)C[C@@H](/C=C/C(=O)Nc1nnc(-c2ccc(F)cc2)s1)NC(=O)[C@@H](N)Cc1cccs1. The summed E-state index contributed by atoms with van der Waals surface area (Å²) < 4.78 is 13.1. The second-order valence-electron chi connectivity index (χ2n) is 7.90. The molecule has 0 bridgehead atoms. The predicted molar refractivity (Wildman–Crippen MR) is 130 cm³/mol. The lowest BCUT2D eigenvalue weighted by molar-refractivity contribution is -0.122. The molecule has 2 aromatic heterocycles. The van der Waals surface area contributed by atoms with E-state index in [-0.39, 0.29) is 23.7 Å². The molecule has 3 aromatic rings. The second-order valence-corrected chi connectivity index (χ2v) is 9.91. The van der Waals surface area contributed by atoms with Crippen LogP contribution in [0.3, 0.4) is 0 Å². The van der Waals surface area contributed by atoms with Crippen molar-refractivity contribution < 1.29 is 14.0 Å². The minimum atomic E-state index is -0.660. The summed E-state index contributed by atoms with van der Waals surface area (Å²) in [5.41, 5.74) is 6.77. The van der Waals surface area contributed by atoms with E-state index in [9.17, 15) is 14.0 Å². The molecule has 33 heavy (non-hydrogen) atoms.